The fourth-order valence-corrected chi connectivity index (χ4v) is 5.68. The molecule has 0 atom stereocenters. The van der Waals surface area contributed by atoms with E-state index in [0.29, 0.717) is 44.7 Å². The number of amides is 1. The molecule has 0 radical (unpaired) electrons. The van der Waals surface area contributed by atoms with E-state index in [-0.39, 0.29) is 17.8 Å². The first kappa shape index (κ1) is 21.8. The summed E-state index contributed by atoms with van der Waals surface area (Å²) >= 11 is 3.25. The molecule has 1 aliphatic rings. The summed E-state index contributed by atoms with van der Waals surface area (Å²) in [5.74, 6) is 0.586. The molecule has 1 amide bonds. The van der Waals surface area contributed by atoms with E-state index in [1.807, 2.05) is 30.0 Å². The normalized spacial score (nSPS) is 14.7. The zero-order valence-corrected chi connectivity index (χ0v) is 19.1. The Kier molecular flexibility index (Phi) is 7.19. The Hall–Kier alpha value is -2.45. The quantitative estimate of drug-likeness (QED) is 0.294. The Morgan fingerprint density at radius 2 is 1.97 bits per heavy atom. The maximum atomic E-state index is 12.6. The van der Waals surface area contributed by atoms with E-state index in [4.69, 9.17) is 4.74 Å². The number of thioether (sulfide) groups is 1. The van der Waals surface area contributed by atoms with Crippen LogP contribution in [0.5, 0.6) is 0 Å². The minimum atomic E-state index is -0.136. The van der Waals surface area contributed by atoms with Crippen molar-refractivity contribution in [2.24, 2.45) is 5.92 Å². The summed E-state index contributed by atoms with van der Waals surface area (Å²) in [6.45, 7) is 3.46. The van der Waals surface area contributed by atoms with Gasteiger partial charge in [-0.25, -0.2) is 9.97 Å². The molecule has 0 unspecified atom stereocenters. The van der Waals surface area contributed by atoms with Gasteiger partial charge in [-0.3, -0.25) is 9.59 Å². The largest absolute Gasteiger partial charge is 0.466 e. The summed E-state index contributed by atoms with van der Waals surface area (Å²) in [5, 5.41) is 1.95. The lowest BCUT2D eigenvalue weighted by Gasteiger charge is -2.30. The summed E-state index contributed by atoms with van der Waals surface area (Å²) < 4.78 is 5.10. The van der Waals surface area contributed by atoms with Crippen molar-refractivity contribution in [3.63, 3.8) is 0 Å². The molecule has 1 saturated heterocycles. The molecule has 0 bridgehead atoms. The fourth-order valence-electron chi connectivity index (χ4n) is 3.71. The van der Waals surface area contributed by atoms with Crippen LogP contribution >= 0.6 is 23.1 Å². The van der Waals surface area contributed by atoms with Gasteiger partial charge in [-0.15, -0.1) is 23.1 Å². The average Bonchev–Trinajstić information content (AvgIpc) is 3.25. The minimum absolute atomic E-state index is 0.0786. The number of hydrogen-bond donors (Lipinski definition) is 0. The Morgan fingerprint density at radius 1 is 1.19 bits per heavy atom. The molecular weight excluding hydrogens is 430 g/mol. The number of fused-ring (bicyclic) bond motifs is 1. The number of benzene rings is 1. The maximum Gasteiger partial charge on any atom is 0.309 e. The Morgan fingerprint density at radius 3 is 2.71 bits per heavy atom. The van der Waals surface area contributed by atoms with Gasteiger partial charge in [-0.2, -0.15) is 0 Å². The number of rotatable bonds is 7. The maximum absolute atomic E-state index is 12.6. The van der Waals surface area contributed by atoms with Gasteiger partial charge in [0, 0.05) is 35.5 Å². The highest BCUT2D eigenvalue weighted by atomic mass is 32.2. The van der Waals surface area contributed by atoms with Gasteiger partial charge in [-0.1, -0.05) is 30.3 Å². The molecule has 1 aliphatic heterocycles. The molecule has 0 aliphatic carbocycles. The molecule has 0 N–H and O–H groups in total. The summed E-state index contributed by atoms with van der Waals surface area (Å²) in [6, 6.07) is 12.4. The highest BCUT2D eigenvalue weighted by Crippen LogP contribution is 2.36. The second-order valence-electron chi connectivity index (χ2n) is 7.38. The van der Waals surface area contributed by atoms with Gasteiger partial charge < -0.3 is 9.64 Å². The summed E-state index contributed by atoms with van der Waals surface area (Å²) in [6.07, 6.45) is 3.41. The molecule has 6 nitrogen and oxygen atoms in total. The van der Waals surface area contributed by atoms with E-state index >= 15 is 0 Å². The first-order chi connectivity index (χ1) is 15.2. The van der Waals surface area contributed by atoms with Gasteiger partial charge in [0.25, 0.3) is 0 Å². The van der Waals surface area contributed by atoms with Crippen LogP contribution in [0.25, 0.3) is 20.7 Å². The summed E-state index contributed by atoms with van der Waals surface area (Å²) in [5.41, 5.74) is 1.17. The zero-order chi connectivity index (χ0) is 21.6. The van der Waals surface area contributed by atoms with Crippen molar-refractivity contribution in [1.82, 2.24) is 14.9 Å². The van der Waals surface area contributed by atoms with Crippen molar-refractivity contribution < 1.29 is 14.3 Å². The predicted octanol–water partition coefficient (Wildman–Crippen LogP) is 4.64. The molecular formula is C23H25N3O3S2. The van der Waals surface area contributed by atoms with Crippen molar-refractivity contribution in [2.75, 3.05) is 25.4 Å². The number of thiophene rings is 1. The third-order valence-electron chi connectivity index (χ3n) is 5.37. The van der Waals surface area contributed by atoms with Gasteiger partial charge in [0.1, 0.15) is 16.2 Å². The first-order valence-electron chi connectivity index (χ1n) is 10.5. The standard InChI is InChI=1S/C23H25N3O3S2/c1-2-29-23(28)17-8-11-26(12-9-17)20(27)10-13-30-21-18-14-19(16-6-4-3-5-7-16)31-22(18)25-15-24-21/h3-7,14-15,17H,2,8-13H2,1H3. The van der Waals surface area contributed by atoms with Crippen molar-refractivity contribution >= 4 is 45.2 Å². The molecule has 0 spiro atoms. The second-order valence-corrected chi connectivity index (χ2v) is 9.49. The summed E-state index contributed by atoms with van der Waals surface area (Å²) in [4.78, 5) is 37.3. The van der Waals surface area contributed by atoms with E-state index in [1.165, 1.54) is 10.4 Å². The zero-order valence-electron chi connectivity index (χ0n) is 17.5. The van der Waals surface area contributed by atoms with Crippen LogP contribution in [0, 0.1) is 5.92 Å². The predicted molar refractivity (Wildman–Crippen MR) is 124 cm³/mol. The Labute approximate surface area is 190 Å². The molecule has 31 heavy (non-hydrogen) atoms. The van der Waals surface area contributed by atoms with Crippen LogP contribution in [0.2, 0.25) is 0 Å². The van der Waals surface area contributed by atoms with E-state index < -0.39 is 0 Å². The van der Waals surface area contributed by atoms with Crippen LogP contribution in [-0.2, 0) is 14.3 Å². The lowest BCUT2D eigenvalue weighted by molar-refractivity contribution is -0.151. The van der Waals surface area contributed by atoms with Crippen LogP contribution in [0.15, 0.2) is 47.8 Å². The number of carbonyl (C=O) groups excluding carboxylic acids is 2. The molecule has 1 fully saturated rings. The van der Waals surface area contributed by atoms with Crippen molar-refractivity contribution in [1.29, 1.82) is 0 Å². The van der Waals surface area contributed by atoms with Gasteiger partial charge in [0.2, 0.25) is 5.91 Å². The van der Waals surface area contributed by atoms with E-state index in [2.05, 4.69) is 28.2 Å². The average molecular weight is 456 g/mol. The van der Waals surface area contributed by atoms with E-state index in [9.17, 15) is 9.59 Å². The van der Waals surface area contributed by atoms with Gasteiger partial charge in [-0.05, 0) is 31.4 Å². The van der Waals surface area contributed by atoms with Crippen LogP contribution in [0.3, 0.4) is 0 Å². The highest BCUT2D eigenvalue weighted by Gasteiger charge is 2.28. The third kappa shape index (κ3) is 5.25. The number of carbonyl (C=O) groups is 2. The summed E-state index contributed by atoms with van der Waals surface area (Å²) in [7, 11) is 0. The number of piperidine rings is 1. The van der Waals surface area contributed by atoms with Crippen LogP contribution in [0.4, 0.5) is 0 Å². The lowest BCUT2D eigenvalue weighted by atomic mass is 9.97. The van der Waals surface area contributed by atoms with E-state index in [1.54, 1.807) is 29.4 Å². The number of esters is 1. The van der Waals surface area contributed by atoms with Crippen LogP contribution < -0.4 is 0 Å². The third-order valence-corrected chi connectivity index (χ3v) is 7.47. The topological polar surface area (TPSA) is 72.4 Å². The Balaban J connectivity index is 1.32. The molecule has 2 aromatic heterocycles. The minimum Gasteiger partial charge on any atom is -0.466 e. The van der Waals surface area contributed by atoms with Crippen molar-refractivity contribution in [3.05, 3.63) is 42.7 Å². The van der Waals surface area contributed by atoms with Crippen molar-refractivity contribution in [3.8, 4) is 10.4 Å². The van der Waals surface area contributed by atoms with Crippen LogP contribution in [-0.4, -0.2) is 52.2 Å². The molecule has 8 heteroatoms. The molecule has 162 valence electrons. The Bertz CT molecular complexity index is 1050. The monoisotopic (exact) mass is 455 g/mol. The number of nitrogens with zero attached hydrogens (tertiary/aromatic N) is 3. The molecule has 3 heterocycles. The van der Waals surface area contributed by atoms with E-state index in [0.717, 1.165) is 15.2 Å². The number of ether oxygens (including phenoxy) is 1. The number of aromatic nitrogens is 2. The van der Waals surface area contributed by atoms with Gasteiger partial charge >= 0.3 is 5.97 Å². The fraction of sp³-hybridized carbons (Fsp3) is 0.391. The van der Waals surface area contributed by atoms with Crippen LogP contribution in [0.1, 0.15) is 26.2 Å². The lowest BCUT2D eigenvalue weighted by Crippen LogP contribution is -2.40. The molecule has 3 aromatic rings. The number of hydrogen-bond acceptors (Lipinski definition) is 7. The van der Waals surface area contributed by atoms with Gasteiger partial charge in [0.05, 0.1) is 12.5 Å². The highest BCUT2D eigenvalue weighted by molar-refractivity contribution is 7.99. The molecule has 4 rings (SSSR count). The number of likely N-dealkylation sites (tertiary alicyclic amines) is 1. The molecule has 1 aromatic carbocycles. The second kappa shape index (κ2) is 10.2. The van der Waals surface area contributed by atoms with Crippen molar-refractivity contribution in [2.45, 2.75) is 31.2 Å². The van der Waals surface area contributed by atoms with Gasteiger partial charge in [0.15, 0.2) is 0 Å². The SMILES string of the molecule is CCOC(=O)C1CCN(C(=O)CCSc2ncnc3sc(-c4ccccc4)cc23)CC1. The smallest absolute Gasteiger partial charge is 0.309 e. The first-order valence-corrected chi connectivity index (χ1v) is 12.3. The molecule has 0 saturated carbocycles.